The Morgan fingerprint density at radius 2 is 2.21 bits per heavy atom. The van der Waals surface area contributed by atoms with Gasteiger partial charge in [-0.25, -0.2) is 8.42 Å². The van der Waals surface area contributed by atoms with Gasteiger partial charge in [0.2, 0.25) is 10.0 Å². The van der Waals surface area contributed by atoms with Gasteiger partial charge >= 0.3 is 0 Å². The summed E-state index contributed by atoms with van der Waals surface area (Å²) in [6.45, 7) is 1.50. The monoisotopic (exact) mass is 282 g/mol. The van der Waals surface area contributed by atoms with Gasteiger partial charge < -0.3 is 10.4 Å². The topological polar surface area (TPSA) is 69.6 Å². The maximum absolute atomic E-state index is 12.6. The van der Waals surface area contributed by atoms with Crippen LogP contribution < -0.4 is 5.32 Å². The van der Waals surface area contributed by atoms with Crippen LogP contribution in [-0.2, 0) is 16.4 Å². The van der Waals surface area contributed by atoms with Crippen molar-refractivity contribution in [3.8, 4) is 0 Å². The van der Waals surface area contributed by atoms with Crippen molar-refractivity contribution in [3.05, 3.63) is 23.8 Å². The molecule has 2 heterocycles. The van der Waals surface area contributed by atoms with Gasteiger partial charge in [-0.3, -0.25) is 0 Å². The number of nitrogens with one attached hydrogen (secondary N) is 1. The van der Waals surface area contributed by atoms with Crippen LogP contribution in [0.15, 0.2) is 23.1 Å². The van der Waals surface area contributed by atoms with Crippen molar-refractivity contribution in [2.24, 2.45) is 0 Å². The Kier molecular flexibility index (Phi) is 3.24. The molecule has 3 rings (SSSR count). The number of benzene rings is 1. The number of aliphatic hydroxyl groups is 1. The number of nitrogens with zero attached hydrogens (tertiary/aromatic N) is 1. The summed E-state index contributed by atoms with van der Waals surface area (Å²) >= 11 is 0. The molecule has 6 heteroatoms. The number of hydrogen-bond donors (Lipinski definition) is 2. The second-order valence-electron chi connectivity index (χ2n) is 5.12. The summed E-state index contributed by atoms with van der Waals surface area (Å²) in [5.74, 6) is 0. The lowest BCUT2D eigenvalue weighted by Crippen LogP contribution is -2.31. The van der Waals surface area contributed by atoms with Gasteiger partial charge in [-0.2, -0.15) is 4.31 Å². The molecule has 19 heavy (non-hydrogen) atoms. The number of sulfonamides is 1. The number of aliphatic hydroxyl groups excluding tert-OH is 1. The summed E-state index contributed by atoms with van der Waals surface area (Å²) in [4.78, 5) is 0.395. The minimum atomic E-state index is -3.48. The van der Waals surface area contributed by atoms with E-state index < -0.39 is 16.1 Å². The highest BCUT2D eigenvalue weighted by molar-refractivity contribution is 7.89. The Morgan fingerprint density at radius 3 is 2.95 bits per heavy atom. The molecule has 2 aliphatic heterocycles. The molecule has 2 aliphatic rings. The molecular weight excluding hydrogens is 264 g/mol. The van der Waals surface area contributed by atoms with Crippen LogP contribution in [0.25, 0.3) is 0 Å². The van der Waals surface area contributed by atoms with Gasteiger partial charge in [0.15, 0.2) is 0 Å². The average Bonchev–Trinajstić information content (AvgIpc) is 2.85. The molecule has 0 amide bonds. The lowest BCUT2D eigenvalue weighted by molar-refractivity contribution is 0.189. The maximum atomic E-state index is 12.6. The minimum Gasteiger partial charge on any atom is -0.392 e. The van der Waals surface area contributed by atoms with E-state index in [0.717, 1.165) is 30.6 Å². The van der Waals surface area contributed by atoms with Gasteiger partial charge in [0, 0.05) is 25.3 Å². The van der Waals surface area contributed by atoms with Gasteiger partial charge in [0.05, 0.1) is 11.0 Å². The van der Waals surface area contributed by atoms with Crippen molar-refractivity contribution in [3.63, 3.8) is 0 Å². The Hall–Kier alpha value is -1.11. The van der Waals surface area contributed by atoms with Gasteiger partial charge in [0.1, 0.15) is 0 Å². The zero-order valence-corrected chi connectivity index (χ0v) is 11.5. The van der Waals surface area contributed by atoms with Crippen LogP contribution in [0.2, 0.25) is 0 Å². The second-order valence-corrected chi connectivity index (χ2v) is 7.02. The van der Waals surface area contributed by atoms with Gasteiger partial charge in [-0.05, 0) is 37.0 Å². The standard InChI is InChI=1S/C13H18N2O3S/c16-10-6-8-15(9-10)19(17,18)13-5-1-4-12-11(13)3-2-7-14-12/h1,4-5,10,14,16H,2-3,6-9H2. The van der Waals surface area contributed by atoms with E-state index in [1.54, 1.807) is 12.1 Å². The summed E-state index contributed by atoms with van der Waals surface area (Å²) in [7, 11) is -3.48. The summed E-state index contributed by atoms with van der Waals surface area (Å²) in [6.07, 6.45) is 1.72. The third-order valence-corrected chi connectivity index (χ3v) is 5.75. The molecule has 1 atom stereocenters. The average molecular weight is 282 g/mol. The molecule has 1 fully saturated rings. The van der Waals surface area contributed by atoms with E-state index in [9.17, 15) is 13.5 Å². The van der Waals surface area contributed by atoms with Crippen molar-refractivity contribution in [1.29, 1.82) is 0 Å². The Morgan fingerprint density at radius 1 is 1.37 bits per heavy atom. The Labute approximate surface area is 113 Å². The van der Waals surface area contributed by atoms with E-state index in [1.807, 2.05) is 6.07 Å². The predicted octanol–water partition coefficient (Wildman–Crippen LogP) is 0.800. The fourth-order valence-corrected chi connectivity index (χ4v) is 4.55. The van der Waals surface area contributed by atoms with Crippen LogP contribution in [0.3, 0.4) is 0 Å². The number of fused-ring (bicyclic) bond motifs is 1. The number of anilines is 1. The molecule has 0 aromatic heterocycles. The first-order chi connectivity index (χ1) is 9.09. The molecule has 1 aromatic carbocycles. The molecule has 1 aromatic rings. The van der Waals surface area contributed by atoms with Gasteiger partial charge in [-0.1, -0.05) is 6.07 Å². The largest absolute Gasteiger partial charge is 0.392 e. The van der Waals surface area contributed by atoms with E-state index in [1.165, 1.54) is 4.31 Å². The van der Waals surface area contributed by atoms with Crippen molar-refractivity contribution in [2.45, 2.75) is 30.3 Å². The van der Waals surface area contributed by atoms with Gasteiger partial charge in [-0.15, -0.1) is 0 Å². The lowest BCUT2D eigenvalue weighted by atomic mass is 10.0. The van der Waals surface area contributed by atoms with E-state index in [2.05, 4.69) is 5.32 Å². The molecule has 0 bridgehead atoms. The number of hydrogen-bond acceptors (Lipinski definition) is 4. The first-order valence-electron chi connectivity index (χ1n) is 6.63. The predicted molar refractivity (Wildman–Crippen MR) is 72.6 cm³/mol. The summed E-state index contributed by atoms with van der Waals surface area (Å²) in [5.41, 5.74) is 1.81. The molecular formula is C13H18N2O3S. The maximum Gasteiger partial charge on any atom is 0.243 e. The van der Waals surface area contributed by atoms with Crippen LogP contribution in [-0.4, -0.2) is 43.6 Å². The van der Waals surface area contributed by atoms with Crippen molar-refractivity contribution < 1.29 is 13.5 Å². The molecule has 104 valence electrons. The van der Waals surface area contributed by atoms with E-state index in [0.29, 0.717) is 17.9 Å². The molecule has 1 unspecified atom stereocenters. The Bertz CT molecular complexity index is 586. The normalized spacial score (nSPS) is 23.9. The highest BCUT2D eigenvalue weighted by Gasteiger charge is 2.33. The number of rotatable bonds is 2. The molecule has 0 spiro atoms. The molecule has 0 saturated carbocycles. The van der Waals surface area contributed by atoms with Crippen LogP contribution in [0.5, 0.6) is 0 Å². The van der Waals surface area contributed by atoms with Crippen LogP contribution in [0.4, 0.5) is 5.69 Å². The first kappa shape index (κ1) is 12.9. The molecule has 2 N–H and O–H groups in total. The second kappa shape index (κ2) is 4.77. The smallest absolute Gasteiger partial charge is 0.243 e. The van der Waals surface area contributed by atoms with Crippen LogP contribution in [0, 0.1) is 0 Å². The zero-order valence-electron chi connectivity index (χ0n) is 10.7. The lowest BCUT2D eigenvalue weighted by Gasteiger charge is -2.23. The molecule has 5 nitrogen and oxygen atoms in total. The zero-order chi connectivity index (χ0) is 13.5. The van der Waals surface area contributed by atoms with Crippen molar-refractivity contribution in [2.75, 3.05) is 25.0 Å². The Balaban J connectivity index is 2.02. The quantitative estimate of drug-likeness (QED) is 0.842. The van der Waals surface area contributed by atoms with Gasteiger partial charge in [0.25, 0.3) is 0 Å². The fourth-order valence-electron chi connectivity index (χ4n) is 2.79. The summed E-state index contributed by atoms with van der Waals surface area (Å²) < 4.78 is 26.7. The third-order valence-electron chi connectivity index (χ3n) is 3.80. The summed E-state index contributed by atoms with van der Waals surface area (Å²) in [6, 6.07) is 5.37. The van der Waals surface area contributed by atoms with E-state index in [-0.39, 0.29) is 6.54 Å². The van der Waals surface area contributed by atoms with Crippen LogP contribution in [0.1, 0.15) is 18.4 Å². The van der Waals surface area contributed by atoms with E-state index in [4.69, 9.17) is 0 Å². The first-order valence-corrected chi connectivity index (χ1v) is 8.07. The van der Waals surface area contributed by atoms with E-state index >= 15 is 0 Å². The highest BCUT2D eigenvalue weighted by atomic mass is 32.2. The van der Waals surface area contributed by atoms with Crippen molar-refractivity contribution in [1.82, 2.24) is 4.31 Å². The molecule has 0 radical (unpaired) electrons. The SMILES string of the molecule is O=S(=O)(c1cccc2c1CCCN2)N1CCC(O)C1. The number of β-amino-alcohol motifs (C(OH)–C–C–N with tert-alkyl or cyclic N) is 1. The molecule has 1 saturated heterocycles. The van der Waals surface area contributed by atoms with Crippen molar-refractivity contribution >= 4 is 15.7 Å². The molecule has 0 aliphatic carbocycles. The fraction of sp³-hybridized carbons (Fsp3) is 0.538. The highest BCUT2D eigenvalue weighted by Crippen LogP contribution is 2.31. The summed E-state index contributed by atoms with van der Waals surface area (Å²) in [5, 5.41) is 12.8. The third kappa shape index (κ3) is 2.24. The minimum absolute atomic E-state index is 0.208. The van der Waals surface area contributed by atoms with Crippen LogP contribution >= 0.6 is 0 Å².